The van der Waals surface area contributed by atoms with Gasteiger partial charge in [0.25, 0.3) is 16.5 Å². The number of aryl methyl sites for hydroxylation is 1. The number of halogens is 5. The second-order valence-electron chi connectivity index (χ2n) is 11.0. The molecule has 9 nitrogen and oxygen atoms in total. The molecule has 1 aliphatic carbocycles. The summed E-state index contributed by atoms with van der Waals surface area (Å²) in [5.74, 6) is -2.71. The molecular formula is C29H32F5N5O4S. The second kappa shape index (κ2) is 13.0. The van der Waals surface area contributed by atoms with Crippen molar-refractivity contribution in [2.45, 2.75) is 54.6 Å². The minimum absolute atomic E-state index is 0.0940. The van der Waals surface area contributed by atoms with E-state index >= 15 is 8.78 Å². The fraction of sp³-hybridized carbons (Fsp3) is 0.414. The number of nitrogens with one attached hydrogen (secondary N) is 1. The number of piperidine rings is 1. The topological polar surface area (TPSA) is 116 Å². The molecule has 3 aromatic rings. The van der Waals surface area contributed by atoms with E-state index in [1.165, 1.54) is 18.3 Å². The first-order chi connectivity index (χ1) is 20.7. The molecule has 0 radical (unpaired) electrons. The lowest BCUT2D eigenvalue weighted by atomic mass is 9.77. The Balaban J connectivity index is 0.00000141. The predicted molar refractivity (Wildman–Crippen MR) is 153 cm³/mol. The lowest BCUT2D eigenvalue weighted by Gasteiger charge is -2.49. The van der Waals surface area contributed by atoms with Crippen LogP contribution in [0.4, 0.5) is 33.5 Å². The zero-order valence-corrected chi connectivity index (χ0v) is 24.8. The Bertz CT molecular complexity index is 1570. The van der Waals surface area contributed by atoms with Crippen molar-refractivity contribution in [3.05, 3.63) is 77.2 Å². The van der Waals surface area contributed by atoms with Crippen molar-refractivity contribution in [1.82, 2.24) is 14.9 Å². The highest BCUT2D eigenvalue weighted by molar-refractivity contribution is 7.92. The van der Waals surface area contributed by atoms with Crippen LogP contribution in [0.1, 0.15) is 48.3 Å². The van der Waals surface area contributed by atoms with Gasteiger partial charge in [-0.15, -0.1) is 0 Å². The van der Waals surface area contributed by atoms with Crippen LogP contribution in [-0.4, -0.2) is 67.6 Å². The first kappa shape index (κ1) is 33.1. The molecule has 2 heterocycles. The summed E-state index contributed by atoms with van der Waals surface area (Å²) >= 11 is 0. The third-order valence-electron chi connectivity index (χ3n) is 8.24. The number of hydrogen-bond donors (Lipinski definition) is 2. The molecule has 2 N–H and O–H groups in total. The summed E-state index contributed by atoms with van der Waals surface area (Å²) < 4.78 is 98.3. The number of benzene rings is 2. The van der Waals surface area contributed by atoms with Crippen LogP contribution in [0.25, 0.3) is 0 Å². The lowest BCUT2D eigenvalue weighted by Crippen LogP contribution is -2.57. The Morgan fingerprint density at radius 3 is 2.43 bits per heavy atom. The third-order valence-corrected chi connectivity index (χ3v) is 9.65. The zero-order chi connectivity index (χ0) is 32.3. The molecule has 0 bridgehead atoms. The van der Waals surface area contributed by atoms with E-state index in [9.17, 15) is 21.6 Å². The Morgan fingerprint density at radius 1 is 1.16 bits per heavy atom. The lowest BCUT2D eigenvalue weighted by molar-refractivity contribution is -0.137. The minimum atomic E-state index is -4.61. The van der Waals surface area contributed by atoms with Gasteiger partial charge in [0.1, 0.15) is 23.8 Å². The van der Waals surface area contributed by atoms with Crippen LogP contribution in [0.15, 0.2) is 53.8 Å². The maximum Gasteiger partial charge on any atom is 0.416 e. The molecule has 5 rings (SSSR count). The number of carboxylic acid groups (broad SMARTS) is 1. The Hall–Kier alpha value is -3.85. The first-order valence-electron chi connectivity index (χ1n) is 13.7. The van der Waals surface area contributed by atoms with E-state index in [-0.39, 0.29) is 23.9 Å². The van der Waals surface area contributed by atoms with Gasteiger partial charge in [-0.05, 0) is 93.6 Å². The van der Waals surface area contributed by atoms with Crippen LogP contribution in [-0.2, 0) is 27.4 Å². The highest BCUT2D eigenvalue weighted by atomic mass is 32.2. The maximum absolute atomic E-state index is 15.2. The van der Waals surface area contributed by atoms with Gasteiger partial charge < -0.3 is 14.9 Å². The van der Waals surface area contributed by atoms with E-state index in [2.05, 4.69) is 14.7 Å². The number of likely N-dealkylation sites (N-methyl/N-ethyl adjacent to an activating group) is 1. The van der Waals surface area contributed by atoms with Crippen LogP contribution in [0.3, 0.4) is 0 Å². The fourth-order valence-corrected chi connectivity index (χ4v) is 7.24. The number of alkyl halides is 3. The predicted octanol–water partition coefficient (Wildman–Crippen LogP) is 5.30. The van der Waals surface area contributed by atoms with Crippen LogP contribution in [0, 0.1) is 11.6 Å². The molecule has 2 aliphatic rings. The molecule has 1 saturated heterocycles. The first-order valence-corrected chi connectivity index (χ1v) is 15.2. The quantitative estimate of drug-likeness (QED) is 0.264. The molecule has 0 saturated carbocycles. The summed E-state index contributed by atoms with van der Waals surface area (Å²) in [5, 5.41) is 6.89. The van der Waals surface area contributed by atoms with Crippen LogP contribution < -0.4 is 9.62 Å². The van der Waals surface area contributed by atoms with Gasteiger partial charge in [-0.1, -0.05) is 6.07 Å². The van der Waals surface area contributed by atoms with Crippen molar-refractivity contribution in [3.63, 3.8) is 0 Å². The van der Waals surface area contributed by atoms with Crippen LogP contribution in [0.5, 0.6) is 0 Å². The largest absolute Gasteiger partial charge is 0.483 e. The molecule has 2 atom stereocenters. The summed E-state index contributed by atoms with van der Waals surface area (Å²) in [6, 6.07) is 7.21. The highest BCUT2D eigenvalue weighted by Crippen LogP contribution is 2.45. The molecule has 1 aromatic heterocycles. The van der Waals surface area contributed by atoms with Gasteiger partial charge in [0.05, 0.1) is 5.56 Å². The number of aromatic nitrogens is 2. The van der Waals surface area contributed by atoms with Crippen molar-refractivity contribution >= 4 is 28.0 Å². The SMILES string of the molecule is CN(C)[C@]1(C[C@@H]2CCc3ccc(C(F)(F)F)cc32)CCCN(c2cc(F)c(S(=O)(=O)Nc3ccncn3)c(F)c2)C1.O=CO. The average Bonchev–Trinajstić information content (AvgIpc) is 3.34. The van der Waals surface area contributed by atoms with Crippen LogP contribution >= 0.6 is 0 Å². The molecular weight excluding hydrogens is 609 g/mol. The molecule has 238 valence electrons. The second-order valence-corrected chi connectivity index (χ2v) is 12.7. The summed E-state index contributed by atoms with van der Waals surface area (Å²) in [7, 11) is -0.806. The number of rotatable bonds is 7. The van der Waals surface area contributed by atoms with E-state index in [4.69, 9.17) is 9.90 Å². The smallest absolute Gasteiger partial charge is 0.416 e. The van der Waals surface area contributed by atoms with Gasteiger partial charge in [-0.2, -0.15) is 13.2 Å². The van der Waals surface area contributed by atoms with Crippen molar-refractivity contribution in [3.8, 4) is 0 Å². The van der Waals surface area contributed by atoms with Crippen LogP contribution in [0.2, 0.25) is 0 Å². The van der Waals surface area contributed by atoms with E-state index < -0.39 is 43.8 Å². The van der Waals surface area contributed by atoms with Crippen molar-refractivity contribution in [2.75, 3.05) is 36.8 Å². The average molecular weight is 642 g/mol. The van der Waals surface area contributed by atoms with E-state index in [1.807, 2.05) is 23.9 Å². The van der Waals surface area contributed by atoms with Crippen molar-refractivity contribution in [2.24, 2.45) is 0 Å². The summed E-state index contributed by atoms with van der Waals surface area (Å²) in [6.45, 7) is 0.605. The highest BCUT2D eigenvalue weighted by Gasteiger charge is 2.42. The van der Waals surface area contributed by atoms with Gasteiger partial charge in [0.15, 0.2) is 4.90 Å². The van der Waals surface area contributed by atoms with E-state index in [0.717, 1.165) is 42.9 Å². The molecule has 0 amide bonds. The van der Waals surface area contributed by atoms with Gasteiger partial charge in [-0.3, -0.25) is 9.52 Å². The van der Waals surface area contributed by atoms with Crippen molar-refractivity contribution in [1.29, 1.82) is 0 Å². The Kier molecular flexibility index (Phi) is 9.78. The molecule has 44 heavy (non-hydrogen) atoms. The number of nitrogens with zero attached hydrogens (tertiary/aromatic N) is 4. The number of fused-ring (bicyclic) bond motifs is 1. The van der Waals surface area contributed by atoms with Gasteiger partial charge in [0, 0.05) is 30.5 Å². The Labute approximate surface area is 251 Å². The van der Waals surface area contributed by atoms with Crippen molar-refractivity contribution < 1.29 is 40.3 Å². The number of carbonyl (C=O) groups is 1. The van der Waals surface area contributed by atoms with E-state index in [1.54, 1.807) is 6.07 Å². The summed E-state index contributed by atoms with van der Waals surface area (Å²) in [5.41, 5.74) is 0.674. The third kappa shape index (κ3) is 7.09. The molecule has 1 aliphatic heterocycles. The van der Waals surface area contributed by atoms with E-state index in [0.29, 0.717) is 37.9 Å². The van der Waals surface area contributed by atoms with Gasteiger partial charge in [0.2, 0.25) is 0 Å². The molecule has 2 aromatic carbocycles. The monoisotopic (exact) mass is 641 g/mol. The summed E-state index contributed by atoms with van der Waals surface area (Å²) in [6.07, 6.45) is 1.38. The van der Waals surface area contributed by atoms with Gasteiger partial charge in [-0.25, -0.2) is 27.2 Å². The maximum atomic E-state index is 15.2. The molecule has 15 heteroatoms. The van der Waals surface area contributed by atoms with Gasteiger partial charge >= 0.3 is 6.18 Å². The zero-order valence-electron chi connectivity index (χ0n) is 24.0. The molecule has 0 spiro atoms. The number of anilines is 2. The summed E-state index contributed by atoms with van der Waals surface area (Å²) in [4.78, 5) is 18.5. The number of hydrogen-bond acceptors (Lipinski definition) is 7. The normalized spacial score (nSPS) is 20.1. The fourth-order valence-electron chi connectivity index (χ4n) is 6.11. The molecule has 0 unspecified atom stereocenters. The Morgan fingerprint density at radius 2 is 1.84 bits per heavy atom. The number of sulfonamides is 1. The minimum Gasteiger partial charge on any atom is -0.483 e. The molecule has 1 fully saturated rings. The standard InChI is InChI=1S/C28H30F5N5O2S.CH2O2/c1-37(2)27(15-19-5-4-18-6-7-20(12-22(18)19)28(31,32)33)9-3-11-38(16-27)21-13-23(29)26(24(30)14-21)41(39,40)36-25-8-10-34-17-35-25;2-1-3/h6-8,10,12-14,17,19H,3-5,9,11,15-16H2,1-2H3,(H,34,35,36);1H,(H,2,3)/t19-,27-;/m0./s1.